The molecule has 1 aromatic heterocycles. The van der Waals surface area contributed by atoms with Crippen molar-refractivity contribution in [2.45, 2.75) is 25.2 Å². The Labute approximate surface area is 167 Å². The number of ether oxygens (including phenoxy) is 1. The first-order chi connectivity index (χ1) is 13.6. The van der Waals surface area contributed by atoms with Crippen molar-refractivity contribution in [3.8, 4) is 0 Å². The summed E-state index contributed by atoms with van der Waals surface area (Å²) < 4.78 is 11.2. The fraction of sp³-hybridized carbons (Fsp3) is 0.286. The van der Waals surface area contributed by atoms with Crippen LogP contribution in [-0.2, 0) is 14.3 Å². The van der Waals surface area contributed by atoms with E-state index in [1.165, 1.54) is 0 Å². The molecule has 6 nitrogen and oxygen atoms in total. The van der Waals surface area contributed by atoms with Crippen molar-refractivity contribution in [2.24, 2.45) is 0 Å². The number of rotatable bonds is 8. The number of thioether (sulfide) groups is 1. The fourth-order valence-corrected chi connectivity index (χ4v) is 3.41. The van der Waals surface area contributed by atoms with Gasteiger partial charge in [-0.1, -0.05) is 54.2 Å². The molecule has 0 saturated heterocycles. The van der Waals surface area contributed by atoms with Gasteiger partial charge in [-0.2, -0.15) is 0 Å². The molecule has 0 aliphatic rings. The summed E-state index contributed by atoms with van der Waals surface area (Å²) in [5.41, 5.74) is 2.05. The molecule has 7 heteroatoms. The molecule has 0 fully saturated rings. The first-order valence-electron chi connectivity index (χ1n) is 9.14. The summed E-state index contributed by atoms with van der Waals surface area (Å²) in [6, 6.07) is 16.5. The number of para-hydroxylation sites is 2. The van der Waals surface area contributed by atoms with Gasteiger partial charge in [-0.15, -0.1) is 0 Å². The SMILES string of the molecule is CCN(CC)C(=O)[C@@H](OC(=O)CSc1nc2ccccc2o1)c1ccccc1. The number of fused-ring (bicyclic) bond motifs is 1. The van der Waals surface area contributed by atoms with Crippen LogP contribution in [0.3, 0.4) is 0 Å². The molecule has 1 heterocycles. The van der Waals surface area contributed by atoms with Crippen molar-refractivity contribution in [2.75, 3.05) is 18.8 Å². The molecule has 0 saturated carbocycles. The topological polar surface area (TPSA) is 72.6 Å². The van der Waals surface area contributed by atoms with Crippen LogP contribution in [0.1, 0.15) is 25.5 Å². The van der Waals surface area contributed by atoms with Gasteiger partial charge in [-0.25, -0.2) is 4.98 Å². The van der Waals surface area contributed by atoms with Gasteiger partial charge in [0.25, 0.3) is 11.1 Å². The minimum Gasteiger partial charge on any atom is -0.447 e. The van der Waals surface area contributed by atoms with Crippen LogP contribution in [-0.4, -0.2) is 40.6 Å². The first kappa shape index (κ1) is 19.9. The Balaban J connectivity index is 1.69. The molecule has 3 aromatic rings. The summed E-state index contributed by atoms with van der Waals surface area (Å²) in [6.45, 7) is 4.89. The van der Waals surface area contributed by atoms with E-state index in [1.54, 1.807) is 17.0 Å². The Kier molecular flexibility index (Phi) is 6.71. The highest BCUT2D eigenvalue weighted by atomic mass is 32.2. The molecule has 0 N–H and O–H groups in total. The first-order valence-corrected chi connectivity index (χ1v) is 10.1. The maximum absolute atomic E-state index is 12.8. The molecule has 0 aliphatic carbocycles. The van der Waals surface area contributed by atoms with Crippen LogP contribution in [0, 0.1) is 0 Å². The molecule has 2 aromatic carbocycles. The Bertz CT molecular complexity index is 905. The number of oxazole rings is 1. The Morgan fingerprint density at radius 2 is 1.75 bits per heavy atom. The fourth-order valence-electron chi connectivity index (χ4n) is 2.79. The zero-order valence-electron chi connectivity index (χ0n) is 15.8. The van der Waals surface area contributed by atoms with E-state index >= 15 is 0 Å². The number of nitrogens with zero attached hydrogens (tertiary/aromatic N) is 2. The molecular weight excluding hydrogens is 376 g/mol. The van der Waals surface area contributed by atoms with Crippen molar-refractivity contribution in [1.82, 2.24) is 9.88 Å². The highest BCUT2D eigenvalue weighted by molar-refractivity contribution is 7.99. The van der Waals surface area contributed by atoms with E-state index in [0.717, 1.165) is 17.3 Å². The molecule has 28 heavy (non-hydrogen) atoms. The van der Waals surface area contributed by atoms with Gasteiger partial charge in [0, 0.05) is 18.7 Å². The maximum atomic E-state index is 12.8. The Morgan fingerprint density at radius 1 is 1.07 bits per heavy atom. The molecule has 3 rings (SSSR count). The van der Waals surface area contributed by atoms with E-state index in [2.05, 4.69) is 4.98 Å². The zero-order valence-corrected chi connectivity index (χ0v) is 16.6. The normalized spacial score (nSPS) is 11.9. The minimum absolute atomic E-state index is 0.00167. The number of carbonyl (C=O) groups excluding carboxylic acids is 2. The summed E-state index contributed by atoms with van der Waals surface area (Å²) >= 11 is 1.15. The van der Waals surface area contributed by atoms with Crippen LogP contribution in [0.15, 0.2) is 64.2 Å². The molecule has 146 valence electrons. The lowest BCUT2D eigenvalue weighted by Crippen LogP contribution is -2.37. The predicted molar refractivity (Wildman–Crippen MR) is 108 cm³/mol. The number of hydrogen-bond acceptors (Lipinski definition) is 6. The van der Waals surface area contributed by atoms with Gasteiger partial charge in [0.2, 0.25) is 6.10 Å². The lowest BCUT2D eigenvalue weighted by Gasteiger charge is -2.25. The van der Waals surface area contributed by atoms with Crippen molar-refractivity contribution in [3.05, 3.63) is 60.2 Å². The van der Waals surface area contributed by atoms with Crippen molar-refractivity contribution in [3.63, 3.8) is 0 Å². The number of benzene rings is 2. The van der Waals surface area contributed by atoms with Crippen LogP contribution in [0.2, 0.25) is 0 Å². The number of aromatic nitrogens is 1. The predicted octanol–water partition coefficient (Wildman–Crippen LogP) is 4.07. The number of likely N-dealkylation sites (N-methyl/N-ethyl adjacent to an activating group) is 1. The maximum Gasteiger partial charge on any atom is 0.317 e. The molecule has 0 radical (unpaired) electrons. The summed E-state index contributed by atoms with van der Waals surface area (Å²) in [5.74, 6) is -0.722. The van der Waals surface area contributed by atoms with E-state index in [0.29, 0.717) is 29.5 Å². The van der Waals surface area contributed by atoms with Crippen LogP contribution in [0.4, 0.5) is 0 Å². The second-order valence-corrected chi connectivity index (χ2v) is 6.95. The summed E-state index contributed by atoms with van der Waals surface area (Å²) in [5, 5.41) is 0.393. The highest BCUT2D eigenvalue weighted by Gasteiger charge is 2.28. The van der Waals surface area contributed by atoms with Gasteiger partial charge < -0.3 is 14.1 Å². The van der Waals surface area contributed by atoms with E-state index < -0.39 is 12.1 Å². The lowest BCUT2D eigenvalue weighted by atomic mass is 10.1. The minimum atomic E-state index is -0.960. The number of hydrogen-bond donors (Lipinski definition) is 0. The van der Waals surface area contributed by atoms with Gasteiger partial charge in [0.15, 0.2) is 5.58 Å². The van der Waals surface area contributed by atoms with Crippen molar-refractivity contribution in [1.29, 1.82) is 0 Å². The Hall–Kier alpha value is -2.80. The molecule has 0 spiro atoms. The largest absolute Gasteiger partial charge is 0.447 e. The monoisotopic (exact) mass is 398 g/mol. The van der Waals surface area contributed by atoms with Gasteiger partial charge in [0.05, 0.1) is 0 Å². The van der Waals surface area contributed by atoms with E-state index in [-0.39, 0.29) is 11.7 Å². The van der Waals surface area contributed by atoms with Crippen molar-refractivity contribution >= 4 is 34.7 Å². The van der Waals surface area contributed by atoms with Crippen LogP contribution in [0.5, 0.6) is 0 Å². The zero-order chi connectivity index (χ0) is 19.9. The third-order valence-corrected chi connectivity index (χ3v) is 5.04. The molecule has 0 unspecified atom stereocenters. The Morgan fingerprint density at radius 3 is 2.43 bits per heavy atom. The van der Waals surface area contributed by atoms with Crippen LogP contribution in [0.25, 0.3) is 11.1 Å². The second-order valence-electron chi connectivity index (χ2n) is 6.03. The van der Waals surface area contributed by atoms with E-state index in [4.69, 9.17) is 9.15 Å². The summed E-state index contributed by atoms with van der Waals surface area (Å²) in [7, 11) is 0. The standard InChI is InChI=1S/C21H22N2O4S/c1-3-23(4-2)20(25)19(15-10-6-5-7-11-15)27-18(24)14-28-21-22-16-12-8-9-13-17(16)26-21/h5-13,19H,3-4,14H2,1-2H3/t19-/m0/s1. The van der Waals surface area contributed by atoms with E-state index in [9.17, 15) is 9.59 Å². The van der Waals surface area contributed by atoms with E-state index in [1.807, 2.05) is 56.3 Å². The lowest BCUT2D eigenvalue weighted by molar-refractivity contribution is -0.158. The van der Waals surface area contributed by atoms with Gasteiger partial charge >= 0.3 is 5.97 Å². The average molecular weight is 398 g/mol. The second kappa shape index (κ2) is 9.41. The number of carbonyl (C=O) groups is 2. The summed E-state index contributed by atoms with van der Waals surface area (Å²) in [6.07, 6.45) is -0.960. The molecule has 0 bridgehead atoms. The van der Waals surface area contributed by atoms with Gasteiger partial charge in [0.1, 0.15) is 11.3 Å². The molecular formula is C21H22N2O4S. The van der Waals surface area contributed by atoms with Gasteiger partial charge in [-0.05, 0) is 26.0 Å². The number of amides is 1. The number of esters is 1. The van der Waals surface area contributed by atoms with Gasteiger partial charge in [-0.3, -0.25) is 9.59 Å². The highest BCUT2D eigenvalue weighted by Crippen LogP contribution is 2.25. The third kappa shape index (κ3) is 4.72. The molecule has 0 aliphatic heterocycles. The quantitative estimate of drug-likeness (QED) is 0.421. The molecule has 1 amide bonds. The average Bonchev–Trinajstić information content (AvgIpc) is 3.15. The van der Waals surface area contributed by atoms with Crippen LogP contribution < -0.4 is 0 Å². The smallest absolute Gasteiger partial charge is 0.317 e. The summed E-state index contributed by atoms with van der Waals surface area (Å²) in [4.78, 5) is 31.3. The third-order valence-electron chi connectivity index (χ3n) is 4.24. The van der Waals surface area contributed by atoms with Crippen molar-refractivity contribution < 1.29 is 18.7 Å². The molecule has 1 atom stereocenters. The van der Waals surface area contributed by atoms with Crippen LogP contribution >= 0.6 is 11.8 Å².